The van der Waals surface area contributed by atoms with E-state index < -0.39 is 0 Å². The Balaban J connectivity index is 1.16. The third-order valence-corrected chi connectivity index (χ3v) is 6.99. The fraction of sp³-hybridized carbons (Fsp3) is 0.217. The molecule has 0 bridgehead atoms. The average Bonchev–Trinajstić information content (AvgIpc) is 3.37. The van der Waals surface area contributed by atoms with Crippen molar-refractivity contribution < 1.29 is 13.9 Å². The van der Waals surface area contributed by atoms with Gasteiger partial charge in [0, 0.05) is 11.6 Å². The maximum absolute atomic E-state index is 13.0. The number of rotatable bonds is 6. The highest BCUT2D eigenvalue weighted by atomic mass is 32.1. The second-order valence-corrected chi connectivity index (χ2v) is 9.71. The maximum Gasteiger partial charge on any atom is 0.255 e. The van der Waals surface area contributed by atoms with E-state index in [1.54, 1.807) is 46.7 Å². The van der Waals surface area contributed by atoms with Gasteiger partial charge in [0.2, 0.25) is 0 Å². The second kappa shape index (κ2) is 8.87. The SMILES string of the molecule is Cc1nc(C)c(-c2csc(Nc3ccc(C(=O)N4CC(Oc5ccc(F)cc5)C4)cn3)n2)s1. The number of nitrogens with zero attached hydrogens (tertiary/aromatic N) is 4. The van der Waals surface area contributed by atoms with Crippen LogP contribution in [0.2, 0.25) is 0 Å². The number of carbonyl (C=O) groups excluding carboxylic acids is 1. The molecule has 1 amide bonds. The average molecular weight is 482 g/mol. The lowest BCUT2D eigenvalue weighted by Gasteiger charge is -2.38. The Morgan fingerprint density at radius 3 is 2.61 bits per heavy atom. The van der Waals surface area contributed by atoms with Crippen molar-refractivity contribution >= 4 is 39.5 Å². The molecule has 0 radical (unpaired) electrons. The highest BCUT2D eigenvalue weighted by Gasteiger charge is 2.33. The molecule has 0 spiro atoms. The first-order chi connectivity index (χ1) is 15.9. The summed E-state index contributed by atoms with van der Waals surface area (Å²) in [6.07, 6.45) is 1.46. The highest BCUT2D eigenvalue weighted by molar-refractivity contribution is 7.16. The smallest absolute Gasteiger partial charge is 0.255 e. The normalized spacial score (nSPS) is 13.6. The highest BCUT2D eigenvalue weighted by Crippen LogP contribution is 2.32. The zero-order chi connectivity index (χ0) is 22.9. The van der Waals surface area contributed by atoms with Crippen molar-refractivity contribution in [2.75, 3.05) is 18.4 Å². The number of nitrogens with one attached hydrogen (secondary N) is 1. The van der Waals surface area contributed by atoms with Gasteiger partial charge in [0.25, 0.3) is 5.91 Å². The monoisotopic (exact) mass is 481 g/mol. The Morgan fingerprint density at radius 2 is 1.94 bits per heavy atom. The first-order valence-corrected chi connectivity index (χ1v) is 12.0. The van der Waals surface area contributed by atoms with E-state index in [9.17, 15) is 9.18 Å². The topological polar surface area (TPSA) is 80.2 Å². The van der Waals surface area contributed by atoms with Crippen LogP contribution < -0.4 is 10.1 Å². The van der Waals surface area contributed by atoms with E-state index in [4.69, 9.17) is 4.74 Å². The van der Waals surface area contributed by atoms with E-state index in [0.29, 0.717) is 30.2 Å². The van der Waals surface area contributed by atoms with Crippen LogP contribution in [0.1, 0.15) is 21.1 Å². The summed E-state index contributed by atoms with van der Waals surface area (Å²) in [7, 11) is 0. The third-order valence-electron chi connectivity index (χ3n) is 5.14. The van der Waals surface area contributed by atoms with Crippen LogP contribution in [0.25, 0.3) is 10.6 Å². The summed E-state index contributed by atoms with van der Waals surface area (Å²) < 4.78 is 18.7. The lowest BCUT2D eigenvalue weighted by Crippen LogP contribution is -2.56. The third kappa shape index (κ3) is 4.71. The summed E-state index contributed by atoms with van der Waals surface area (Å²) in [5.41, 5.74) is 2.38. The minimum absolute atomic E-state index is 0.0967. The number of aromatic nitrogens is 3. The molecule has 0 saturated carbocycles. The molecule has 10 heteroatoms. The Kier molecular flexibility index (Phi) is 5.77. The molecule has 1 aliphatic heterocycles. The number of anilines is 2. The Morgan fingerprint density at radius 1 is 1.15 bits per heavy atom. The molecule has 1 aliphatic rings. The second-order valence-electron chi connectivity index (χ2n) is 7.65. The lowest BCUT2D eigenvalue weighted by molar-refractivity contribution is 0.0177. The molecule has 1 saturated heterocycles. The van der Waals surface area contributed by atoms with Gasteiger partial charge in [0.05, 0.1) is 39.9 Å². The van der Waals surface area contributed by atoms with Crippen LogP contribution in [0, 0.1) is 19.7 Å². The molecule has 3 aromatic heterocycles. The van der Waals surface area contributed by atoms with Crippen LogP contribution in [-0.2, 0) is 0 Å². The number of carbonyl (C=O) groups is 1. The number of aryl methyl sites for hydroxylation is 2. The standard InChI is InChI=1S/C23H20FN5O2S2/c1-13-21(33-14(2)26-13)19-12-32-23(27-19)28-20-8-3-15(9-25-20)22(30)29-10-18(11-29)31-17-6-4-16(24)5-7-17/h3-9,12,18H,10-11H2,1-2H3,(H,25,27,28). The van der Waals surface area contributed by atoms with Crippen LogP contribution in [0.3, 0.4) is 0 Å². The molecule has 4 aromatic rings. The number of likely N-dealkylation sites (tertiary alicyclic amines) is 1. The first-order valence-electron chi connectivity index (χ1n) is 10.3. The summed E-state index contributed by atoms with van der Waals surface area (Å²) >= 11 is 3.12. The van der Waals surface area contributed by atoms with Crippen LogP contribution in [0.15, 0.2) is 48.0 Å². The molecule has 0 unspecified atom stereocenters. The predicted octanol–water partition coefficient (Wildman–Crippen LogP) is 5.06. The van der Waals surface area contributed by atoms with Gasteiger partial charge in [-0.2, -0.15) is 0 Å². The quantitative estimate of drug-likeness (QED) is 0.414. The van der Waals surface area contributed by atoms with Gasteiger partial charge < -0.3 is 15.0 Å². The van der Waals surface area contributed by atoms with Gasteiger partial charge in [-0.3, -0.25) is 4.79 Å². The minimum Gasteiger partial charge on any atom is -0.487 e. The number of hydrogen-bond acceptors (Lipinski definition) is 8. The van der Waals surface area contributed by atoms with Gasteiger partial charge in [0.1, 0.15) is 23.5 Å². The number of hydrogen-bond donors (Lipinski definition) is 1. The van der Waals surface area contributed by atoms with Crippen LogP contribution in [0.4, 0.5) is 15.3 Å². The van der Waals surface area contributed by atoms with E-state index in [2.05, 4.69) is 20.3 Å². The number of amides is 1. The number of pyridine rings is 1. The summed E-state index contributed by atoms with van der Waals surface area (Å²) in [6, 6.07) is 9.39. The van der Waals surface area contributed by atoms with Crippen molar-refractivity contribution in [1.29, 1.82) is 0 Å². The summed E-state index contributed by atoms with van der Waals surface area (Å²) in [5.74, 6) is 0.807. The largest absolute Gasteiger partial charge is 0.487 e. The zero-order valence-corrected chi connectivity index (χ0v) is 19.5. The summed E-state index contributed by atoms with van der Waals surface area (Å²) in [6.45, 7) is 4.93. The molecule has 0 aliphatic carbocycles. The molecular formula is C23H20FN5O2S2. The Labute approximate surface area is 197 Å². The predicted molar refractivity (Wildman–Crippen MR) is 127 cm³/mol. The van der Waals surface area contributed by atoms with Crippen molar-refractivity contribution in [3.05, 3.63) is 70.1 Å². The molecule has 1 N–H and O–H groups in total. The Bertz CT molecular complexity index is 1280. The number of benzene rings is 1. The molecule has 4 heterocycles. The van der Waals surface area contributed by atoms with Crippen LogP contribution >= 0.6 is 22.7 Å². The van der Waals surface area contributed by atoms with Crippen LogP contribution in [-0.4, -0.2) is 45.0 Å². The van der Waals surface area contributed by atoms with Gasteiger partial charge in [0.15, 0.2) is 5.13 Å². The van der Waals surface area contributed by atoms with E-state index >= 15 is 0 Å². The van der Waals surface area contributed by atoms with E-state index in [0.717, 1.165) is 26.4 Å². The van der Waals surface area contributed by atoms with E-state index in [-0.39, 0.29) is 17.8 Å². The summed E-state index contributed by atoms with van der Waals surface area (Å²) in [4.78, 5) is 28.9. The number of thiazole rings is 2. The van der Waals surface area contributed by atoms with Gasteiger partial charge in [-0.15, -0.1) is 22.7 Å². The Hall–Kier alpha value is -3.37. The van der Waals surface area contributed by atoms with Gasteiger partial charge in [-0.25, -0.2) is 19.3 Å². The molecular weight excluding hydrogens is 461 g/mol. The van der Waals surface area contributed by atoms with Gasteiger partial charge in [-0.05, 0) is 50.2 Å². The number of ether oxygens (including phenoxy) is 1. The molecule has 1 fully saturated rings. The molecule has 7 nitrogen and oxygen atoms in total. The molecule has 0 atom stereocenters. The lowest BCUT2D eigenvalue weighted by atomic mass is 10.1. The first kappa shape index (κ1) is 21.5. The minimum atomic E-state index is -0.307. The van der Waals surface area contributed by atoms with Crippen molar-refractivity contribution in [2.24, 2.45) is 0 Å². The van der Waals surface area contributed by atoms with Gasteiger partial charge in [-0.1, -0.05) is 0 Å². The van der Waals surface area contributed by atoms with Crippen LogP contribution in [0.5, 0.6) is 5.75 Å². The molecule has 5 rings (SSSR count). The molecule has 33 heavy (non-hydrogen) atoms. The van der Waals surface area contributed by atoms with Crippen molar-refractivity contribution in [1.82, 2.24) is 19.9 Å². The van der Waals surface area contributed by atoms with Crippen molar-refractivity contribution in [3.8, 4) is 16.3 Å². The van der Waals surface area contributed by atoms with E-state index in [1.807, 2.05) is 19.2 Å². The molecule has 168 valence electrons. The molecule has 1 aromatic carbocycles. The fourth-order valence-corrected chi connectivity index (χ4v) is 5.14. The van der Waals surface area contributed by atoms with Crippen molar-refractivity contribution in [3.63, 3.8) is 0 Å². The van der Waals surface area contributed by atoms with Gasteiger partial charge >= 0.3 is 0 Å². The number of halogens is 1. The summed E-state index contributed by atoms with van der Waals surface area (Å²) in [5, 5.41) is 6.93. The maximum atomic E-state index is 13.0. The zero-order valence-electron chi connectivity index (χ0n) is 17.9. The van der Waals surface area contributed by atoms with Crippen molar-refractivity contribution in [2.45, 2.75) is 20.0 Å². The van der Waals surface area contributed by atoms with E-state index in [1.165, 1.54) is 23.5 Å². The fourth-order valence-electron chi connectivity index (χ4n) is 3.47.